The van der Waals surface area contributed by atoms with Crippen LogP contribution >= 0.6 is 0 Å². The second kappa shape index (κ2) is 21.6. The average molecular weight is 1020 g/mol. The summed E-state index contributed by atoms with van der Waals surface area (Å²) in [6.07, 6.45) is -18.2. The van der Waals surface area contributed by atoms with E-state index in [4.69, 9.17) is 42.6 Å². The molecule has 0 unspecified atom stereocenters. The Kier molecular flexibility index (Phi) is 16.6. The minimum Gasteiger partial charge on any atom is -0.494 e. The number of ether oxygens (including phenoxy) is 9. The van der Waals surface area contributed by atoms with Gasteiger partial charge in [0.05, 0.1) is 44.4 Å². The highest BCUT2D eigenvalue weighted by atomic mass is 16.8. The van der Waals surface area contributed by atoms with E-state index in [1.807, 2.05) is 6.92 Å². The van der Waals surface area contributed by atoms with E-state index < -0.39 is 130 Å². The van der Waals surface area contributed by atoms with Gasteiger partial charge in [-0.25, -0.2) is 0 Å². The third-order valence-corrected chi connectivity index (χ3v) is 19.0. The zero-order valence-electron chi connectivity index (χ0n) is 41.5. The molecule has 408 valence electrons. The maximum Gasteiger partial charge on any atom is 0.187 e. The number of hydrogen-bond donors (Lipinski definition) is 12. The number of allylic oxidation sites excluding steroid dienone is 1. The second-order valence-corrected chi connectivity index (χ2v) is 23.2. The van der Waals surface area contributed by atoms with Crippen LogP contribution in [0.5, 0.6) is 0 Å². The molecule has 5 aliphatic heterocycles. The van der Waals surface area contributed by atoms with E-state index >= 15 is 0 Å². The highest BCUT2D eigenvalue weighted by molar-refractivity contribution is 5.27. The van der Waals surface area contributed by atoms with Crippen LogP contribution in [0.25, 0.3) is 0 Å². The predicted octanol–water partition coefficient (Wildman–Crippen LogP) is -1.34. The van der Waals surface area contributed by atoms with Crippen LogP contribution in [0, 0.1) is 46.3 Å². The van der Waals surface area contributed by atoms with E-state index in [9.17, 15) is 61.3 Å². The molecule has 0 spiro atoms. The van der Waals surface area contributed by atoms with Gasteiger partial charge in [0.1, 0.15) is 91.6 Å². The van der Waals surface area contributed by atoms with Crippen molar-refractivity contribution in [1.29, 1.82) is 0 Å². The van der Waals surface area contributed by atoms with E-state index in [1.165, 1.54) is 12.5 Å². The number of hydrogen-bond acceptors (Lipinski definition) is 21. The first-order valence-corrected chi connectivity index (χ1v) is 26.2. The zero-order valence-corrected chi connectivity index (χ0v) is 41.5. The van der Waals surface area contributed by atoms with Gasteiger partial charge in [0.15, 0.2) is 25.2 Å². The third kappa shape index (κ3) is 10.0. The highest BCUT2D eigenvalue weighted by Gasteiger charge is 2.65. The summed E-state index contributed by atoms with van der Waals surface area (Å²) in [5.41, 5.74) is 1.49. The number of aliphatic hydroxyl groups is 12. The fraction of sp³-hybridized carbons (Fsp3) is 0.960. The summed E-state index contributed by atoms with van der Waals surface area (Å²) in [6, 6.07) is 0. The summed E-state index contributed by atoms with van der Waals surface area (Å²) in [6.45, 7) is 9.40. The standard InChI is InChI=1S/C50H82O21/c1-20(18-63-45-40(60)38(58)36(56)31(16-51)68-45)6-9-29-21(2)33-30(67-29)15-27-25-8-7-23-14-24(10-12-49(23,4)26(25)11-13-50(27,33)5)66-48-44(71-46-39(59)35(55)28(53)19-64-46)42(62)43(32(17-52)69-48)70-47-41(61)37(57)34(54)22(3)65-47/h20,22-28,30-48,51-62H,6-19H2,1-5H3/t20-,22-,23+,24-,25+,26-,27-,28+,30-,31+,32+,33-,34-,35-,36+,37+,38-,39+,40+,41+,42-,43+,44+,45+,46-,47-,48+,49-,50-/m0/s1. The maximum absolute atomic E-state index is 12.0. The highest BCUT2D eigenvalue weighted by Crippen LogP contribution is 2.70. The SMILES string of the molecule is CC1=C(CC[C@H](C)CO[C@@H]2O[C@H](CO)[C@@H](O)[C@H](O)[C@H]2O)O[C@H]2C[C@H]3[C@@H]4CC[C@@H]5C[C@@H](O[C@@H]6O[C@H](CO)[C@@H](O[C@@H]7O[C@@H](C)[C@H](O)[C@@H](O)[C@H]7O)[C@H](O)[C@H]6O[C@@H]6OC[C@@H](O)[C@H](O)[C@H]6O)CC[C@]5(C)[C@H]4CC[C@]3(C)[C@@H]12. The van der Waals surface area contributed by atoms with Gasteiger partial charge < -0.3 is 104 Å². The Morgan fingerprint density at radius 3 is 2.03 bits per heavy atom. The Hall–Kier alpha value is -1.26. The van der Waals surface area contributed by atoms with Crippen LogP contribution in [0.2, 0.25) is 0 Å². The molecule has 5 heterocycles. The third-order valence-electron chi connectivity index (χ3n) is 19.0. The van der Waals surface area contributed by atoms with Gasteiger partial charge in [0.2, 0.25) is 0 Å². The quantitative estimate of drug-likeness (QED) is 0.0897. The molecule has 4 saturated heterocycles. The van der Waals surface area contributed by atoms with Crippen LogP contribution in [0.1, 0.15) is 98.8 Å². The summed E-state index contributed by atoms with van der Waals surface area (Å²) in [7, 11) is 0. The fourth-order valence-corrected chi connectivity index (χ4v) is 14.8. The van der Waals surface area contributed by atoms with E-state index in [2.05, 4.69) is 20.8 Å². The molecule has 0 aromatic carbocycles. The summed E-state index contributed by atoms with van der Waals surface area (Å²) in [5.74, 6) is 3.37. The van der Waals surface area contributed by atoms with Crippen molar-refractivity contribution < 1.29 is 104 Å². The minimum atomic E-state index is -1.72. The van der Waals surface area contributed by atoms with Gasteiger partial charge in [-0.3, -0.25) is 0 Å². The van der Waals surface area contributed by atoms with Gasteiger partial charge in [0.25, 0.3) is 0 Å². The van der Waals surface area contributed by atoms with Crippen molar-refractivity contribution in [2.45, 2.75) is 228 Å². The second-order valence-electron chi connectivity index (χ2n) is 23.2. The number of fused-ring (bicyclic) bond motifs is 7. The first kappa shape index (κ1) is 54.5. The van der Waals surface area contributed by atoms with Crippen molar-refractivity contribution in [2.24, 2.45) is 46.3 Å². The van der Waals surface area contributed by atoms with Crippen molar-refractivity contribution in [3.63, 3.8) is 0 Å². The molecule has 9 aliphatic rings. The lowest BCUT2D eigenvalue weighted by atomic mass is 9.44. The monoisotopic (exact) mass is 1020 g/mol. The zero-order chi connectivity index (χ0) is 51.0. The largest absolute Gasteiger partial charge is 0.494 e. The Balaban J connectivity index is 0.827. The van der Waals surface area contributed by atoms with E-state index in [1.54, 1.807) is 0 Å². The van der Waals surface area contributed by atoms with Crippen molar-refractivity contribution in [3.05, 3.63) is 11.3 Å². The molecular formula is C50H82O21. The minimum absolute atomic E-state index is 0.0507. The van der Waals surface area contributed by atoms with Crippen molar-refractivity contribution in [1.82, 2.24) is 0 Å². The first-order chi connectivity index (χ1) is 33.7. The molecule has 29 atom stereocenters. The molecule has 0 aromatic heterocycles. The number of aliphatic hydroxyl groups excluding tert-OH is 12. The molecule has 0 radical (unpaired) electrons. The van der Waals surface area contributed by atoms with Gasteiger partial charge in [-0.15, -0.1) is 0 Å². The van der Waals surface area contributed by atoms with E-state index in [0.29, 0.717) is 42.4 Å². The molecule has 21 nitrogen and oxygen atoms in total. The summed E-state index contributed by atoms with van der Waals surface area (Å²) < 4.78 is 54.6. The molecule has 9 rings (SSSR count). The van der Waals surface area contributed by atoms with Crippen molar-refractivity contribution in [2.75, 3.05) is 26.4 Å². The van der Waals surface area contributed by atoms with Gasteiger partial charge in [-0.05, 0) is 118 Å². The predicted molar refractivity (Wildman–Crippen MR) is 243 cm³/mol. The van der Waals surface area contributed by atoms with Crippen molar-refractivity contribution in [3.8, 4) is 0 Å². The summed E-state index contributed by atoms with van der Waals surface area (Å²) in [5, 5.41) is 126. The topological polar surface area (TPSA) is 326 Å². The van der Waals surface area contributed by atoms with Crippen LogP contribution in [-0.2, 0) is 42.6 Å². The van der Waals surface area contributed by atoms with E-state index in [0.717, 1.165) is 57.1 Å². The normalized spacial score (nSPS) is 53.6. The molecule has 71 heavy (non-hydrogen) atoms. The smallest absolute Gasteiger partial charge is 0.187 e. The average Bonchev–Trinajstić information content (AvgIpc) is 3.84. The van der Waals surface area contributed by atoms with Crippen LogP contribution in [-0.4, -0.2) is 217 Å². The van der Waals surface area contributed by atoms with Crippen LogP contribution in [0.15, 0.2) is 11.3 Å². The molecule has 8 fully saturated rings. The lowest BCUT2D eigenvalue weighted by Gasteiger charge is -2.61. The van der Waals surface area contributed by atoms with Gasteiger partial charge in [-0.1, -0.05) is 20.8 Å². The molecular weight excluding hydrogens is 937 g/mol. The summed E-state index contributed by atoms with van der Waals surface area (Å²) in [4.78, 5) is 0. The molecule has 0 bridgehead atoms. The van der Waals surface area contributed by atoms with Gasteiger partial charge in [0, 0.05) is 12.3 Å². The summed E-state index contributed by atoms with van der Waals surface area (Å²) >= 11 is 0. The van der Waals surface area contributed by atoms with Crippen LogP contribution in [0.4, 0.5) is 0 Å². The Morgan fingerprint density at radius 2 is 1.30 bits per heavy atom. The van der Waals surface area contributed by atoms with Crippen molar-refractivity contribution >= 4 is 0 Å². The van der Waals surface area contributed by atoms with E-state index in [-0.39, 0.29) is 42.2 Å². The molecule has 4 aliphatic carbocycles. The Bertz CT molecular complexity index is 1830. The fourth-order valence-electron chi connectivity index (χ4n) is 14.8. The molecule has 12 N–H and O–H groups in total. The Labute approximate surface area is 414 Å². The van der Waals surface area contributed by atoms with Crippen LogP contribution < -0.4 is 0 Å². The molecule has 4 saturated carbocycles. The Morgan fingerprint density at radius 1 is 0.634 bits per heavy atom. The molecule has 0 amide bonds. The lowest BCUT2D eigenvalue weighted by Crippen LogP contribution is -2.66. The molecule has 21 heteroatoms. The van der Waals surface area contributed by atoms with Crippen LogP contribution in [0.3, 0.4) is 0 Å². The number of rotatable bonds is 14. The van der Waals surface area contributed by atoms with Gasteiger partial charge >= 0.3 is 0 Å². The first-order valence-electron chi connectivity index (χ1n) is 26.2. The lowest BCUT2D eigenvalue weighted by molar-refractivity contribution is -0.385. The maximum atomic E-state index is 12.0. The van der Waals surface area contributed by atoms with Gasteiger partial charge in [-0.2, -0.15) is 0 Å². The molecule has 0 aromatic rings.